The van der Waals surface area contributed by atoms with E-state index >= 15 is 0 Å². The minimum absolute atomic E-state index is 1.20. The average molecular weight is 641 g/mol. The van der Waals surface area contributed by atoms with Crippen molar-refractivity contribution >= 4 is 67.3 Å². The summed E-state index contributed by atoms with van der Waals surface area (Å²) in [5.74, 6) is 0. The molecule has 202 valence electrons. The van der Waals surface area contributed by atoms with Gasteiger partial charge in [-0.15, -0.1) is 0 Å². The summed E-state index contributed by atoms with van der Waals surface area (Å²) in [4.78, 5) is 6.23. The molecule has 0 atom stereocenters. The second-order valence-electron chi connectivity index (χ2n) is 11.2. The van der Waals surface area contributed by atoms with E-state index in [0.717, 1.165) is 0 Å². The van der Waals surface area contributed by atoms with E-state index < -0.39 is 18.4 Å². The van der Waals surface area contributed by atoms with Crippen LogP contribution in [0.3, 0.4) is 0 Å². The molecule has 0 spiro atoms. The van der Waals surface area contributed by atoms with Gasteiger partial charge in [0.15, 0.2) is 0 Å². The summed E-state index contributed by atoms with van der Waals surface area (Å²) >= 11 is -0.470. The number of hydrogen-bond acceptors (Lipinski definition) is 1. The van der Waals surface area contributed by atoms with E-state index in [4.69, 9.17) is 0 Å². The molecule has 5 aromatic rings. The van der Waals surface area contributed by atoms with Crippen LogP contribution < -0.4 is 3.58 Å². The Morgan fingerprint density at radius 2 is 1.33 bits per heavy atom. The molecule has 3 aromatic carbocycles. The molecule has 0 unspecified atom stereocenters. The Morgan fingerprint density at radius 1 is 0.667 bits per heavy atom. The van der Waals surface area contributed by atoms with Crippen molar-refractivity contribution in [3.8, 4) is 10.4 Å². The van der Waals surface area contributed by atoms with Gasteiger partial charge in [-0.05, 0) is 6.07 Å². The first kappa shape index (κ1) is 28.2. The van der Waals surface area contributed by atoms with Crippen LogP contribution in [-0.4, -0.2) is 23.4 Å². The van der Waals surface area contributed by atoms with Gasteiger partial charge in [-0.2, -0.15) is 0 Å². The van der Waals surface area contributed by atoms with Crippen molar-refractivity contribution in [2.75, 3.05) is 0 Å². The third kappa shape index (κ3) is 6.55. The Bertz CT molecular complexity index is 1500. The molecule has 0 saturated carbocycles. The molecule has 2 heterocycles. The molecular weight excluding hydrogens is 597 g/mol. The Hall–Kier alpha value is -2.30. The van der Waals surface area contributed by atoms with Gasteiger partial charge in [0.2, 0.25) is 0 Å². The fourth-order valence-electron chi connectivity index (χ4n) is 6.09. The van der Waals surface area contributed by atoms with E-state index in [0.29, 0.717) is 0 Å². The van der Waals surface area contributed by atoms with E-state index in [1.165, 1.54) is 94.5 Å². The van der Waals surface area contributed by atoms with Crippen LogP contribution in [0.1, 0.15) is 69.7 Å². The fourth-order valence-corrected chi connectivity index (χ4v) is 22.9. The van der Waals surface area contributed by atoms with Crippen molar-refractivity contribution in [2.24, 2.45) is 0 Å². The first-order valence-electron chi connectivity index (χ1n) is 15.0. The standard InChI is InChI=1S/C24H16NS.3C4H9.Sn/c1-2-6-18(7-3-1)24-15-13-19(26-24)12-10-17-11-14-21-20-8-4-5-9-22(20)25-23(21)16-17;3*1-3-4-2;/h2-16,25H;3*1,3-4H2,2H3;. The van der Waals surface area contributed by atoms with Crippen molar-refractivity contribution in [1.82, 2.24) is 4.98 Å². The minimum atomic E-state index is -2.36. The van der Waals surface area contributed by atoms with Gasteiger partial charge in [-0.1, -0.05) is 18.2 Å². The molecule has 0 fully saturated rings. The van der Waals surface area contributed by atoms with Gasteiger partial charge in [0, 0.05) is 16.3 Å². The van der Waals surface area contributed by atoms with Gasteiger partial charge in [0.05, 0.1) is 0 Å². The van der Waals surface area contributed by atoms with E-state index in [9.17, 15) is 0 Å². The van der Waals surface area contributed by atoms with Gasteiger partial charge in [0.25, 0.3) is 0 Å². The van der Waals surface area contributed by atoms with E-state index in [2.05, 4.69) is 117 Å². The quantitative estimate of drug-likeness (QED) is 0.123. The molecule has 0 bridgehead atoms. The number of H-pyrrole nitrogens is 1. The number of fused-ring (bicyclic) bond motifs is 3. The number of hydrogen-bond donors (Lipinski definition) is 1. The first-order chi connectivity index (χ1) is 19.2. The zero-order valence-corrected chi connectivity index (χ0v) is 27.6. The van der Waals surface area contributed by atoms with E-state index in [1.807, 2.05) is 11.3 Å². The van der Waals surface area contributed by atoms with Crippen molar-refractivity contribution in [3.63, 3.8) is 0 Å². The van der Waals surface area contributed by atoms with Crippen LogP contribution in [0, 0.1) is 0 Å². The fraction of sp³-hybridized carbons (Fsp3) is 0.333. The van der Waals surface area contributed by atoms with Crippen LogP contribution in [0.4, 0.5) is 0 Å². The summed E-state index contributed by atoms with van der Waals surface area (Å²) in [6.07, 6.45) is 12.7. The summed E-state index contributed by atoms with van der Waals surface area (Å²) in [6.45, 7) is 7.09. The molecule has 1 nitrogen and oxygen atoms in total. The van der Waals surface area contributed by atoms with Gasteiger partial charge < -0.3 is 4.98 Å². The number of aromatic amines is 1. The predicted octanol–water partition coefficient (Wildman–Crippen LogP) is 11.3. The Kier molecular flexibility index (Phi) is 9.68. The van der Waals surface area contributed by atoms with Gasteiger partial charge in [-0.3, -0.25) is 0 Å². The monoisotopic (exact) mass is 641 g/mol. The van der Waals surface area contributed by atoms with Crippen molar-refractivity contribution < 1.29 is 0 Å². The molecular formula is C36H43NSSn. The number of rotatable bonds is 13. The topological polar surface area (TPSA) is 15.8 Å². The third-order valence-electron chi connectivity index (χ3n) is 8.41. The molecule has 0 aliphatic carbocycles. The van der Waals surface area contributed by atoms with E-state index in [-0.39, 0.29) is 0 Å². The van der Waals surface area contributed by atoms with E-state index in [1.54, 1.807) is 3.58 Å². The SMILES string of the molecule is CCC[CH2][Sn]([CH2]CCC)([CH2]CCC)[c]1ccc(-c2ccc(C=Cc3ccc4c(c3)[nH]c3ccccc34)s2)cc1. The number of nitrogens with one attached hydrogen (secondary N) is 1. The zero-order valence-electron chi connectivity index (χ0n) is 23.9. The van der Waals surface area contributed by atoms with Crippen LogP contribution in [0.5, 0.6) is 0 Å². The number of thiophene rings is 1. The predicted molar refractivity (Wildman–Crippen MR) is 179 cm³/mol. The number of unbranched alkanes of at least 4 members (excludes halogenated alkanes) is 3. The normalized spacial score (nSPS) is 12.3. The number of aromatic nitrogens is 1. The Morgan fingerprint density at radius 3 is 2.03 bits per heavy atom. The zero-order chi connectivity index (χ0) is 27.1. The number of para-hydroxylation sites is 1. The van der Waals surface area contributed by atoms with Gasteiger partial charge in [0.1, 0.15) is 0 Å². The average Bonchev–Trinajstić information content (AvgIpc) is 3.60. The van der Waals surface area contributed by atoms with Crippen LogP contribution in [0.15, 0.2) is 78.9 Å². The molecule has 5 rings (SSSR count). The molecule has 0 aliphatic rings. The van der Waals surface area contributed by atoms with Crippen LogP contribution in [0.25, 0.3) is 44.4 Å². The van der Waals surface area contributed by atoms with Crippen molar-refractivity contribution in [3.05, 3.63) is 89.3 Å². The molecule has 0 amide bonds. The molecule has 2 aromatic heterocycles. The van der Waals surface area contributed by atoms with Crippen molar-refractivity contribution in [1.29, 1.82) is 0 Å². The second-order valence-corrected chi connectivity index (χ2v) is 25.5. The van der Waals surface area contributed by atoms with Gasteiger partial charge >= 0.3 is 199 Å². The molecule has 39 heavy (non-hydrogen) atoms. The first-order valence-corrected chi connectivity index (χ1v) is 23.3. The second kappa shape index (κ2) is 13.4. The maximum absolute atomic E-state index is 3.56. The van der Waals surface area contributed by atoms with Crippen LogP contribution in [-0.2, 0) is 0 Å². The van der Waals surface area contributed by atoms with Gasteiger partial charge in [-0.25, -0.2) is 0 Å². The Labute approximate surface area is 243 Å². The Balaban J connectivity index is 1.33. The molecule has 1 N–H and O–H groups in total. The molecule has 0 aliphatic heterocycles. The van der Waals surface area contributed by atoms with Crippen molar-refractivity contribution in [2.45, 2.75) is 72.6 Å². The summed E-state index contributed by atoms with van der Waals surface area (Å²) in [5.41, 5.74) is 4.99. The summed E-state index contributed by atoms with van der Waals surface area (Å²) in [6, 6.07) is 29.7. The molecule has 0 saturated heterocycles. The van der Waals surface area contributed by atoms with Crippen LogP contribution >= 0.6 is 11.3 Å². The van der Waals surface area contributed by atoms with Crippen LogP contribution in [0.2, 0.25) is 13.3 Å². The number of benzene rings is 3. The maximum atomic E-state index is 3.56. The molecule has 3 heteroatoms. The third-order valence-corrected chi connectivity index (χ3v) is 25.2. The summed E-state index contributed by atoms with van der Waals surface area (Å²) in [5, 5.41) is 2.58. The molecule has 0 radical (unpaired) electrons. The summed E-state index contributed by atoms with van der Waals surface area (Å²) < 4.78 is 6.36. The summed E-state index contributed by atoms with van der Waals surface area (Å²) in [7, 11) is 0.